The summed E-state index contributed by atoms with van der Waals surface area (Å²) in [5.74, 6) is -1.44. The maximum Gasteiger partial charge on any atom is 0.311 e. The van der Waals surface area contributed by atoms with E-state index in [1.54, 1.807) is 42.5 Å². The average molecular weight is 529 g/mol. The number of nitrogens with zero attached hydrogens (tertiary/aromatic N) is 2. The lowest BCUT2D eigenvalue weighted by Gasteiger charge is -2.06. The van der Waals surface area contributed by atoms with E-state index in [2.05, 4.69) is 36.5 Å². The largest absolute Gasteiger partial charge is 0.493 e. The molecule has 0 aliphatic rings. The molecule has 7 nitrogen and oxygen atoms in total. The molecule has 2 amide bonds. The predicted molar refractivity (Wildman–Crippen MR) is 139 cm³/mol. The zero-order valence-corrected chi connectivity index (χ0v) is 20.3. The van der Waals surface area contributed by atoms with Gasteiger partial charge in [-0.05, 0) is 64.3 Å². The Bertz CT molecular complexity index is 1470. The Kier molecular flexibility index (Phi) is 7.32. The van der Waals surface area contributed by atoms with E-state index in [1.807, 2.05) is 49.4 Å². The van der Waals surface area contributed by atoms with Crippen LogP contribution in [-0.4, -0.2) is 21.9 Å². The number of aromatic amines is 1. The number of aromatic nitrogens is 1. The second kappa shape index (κ2) is 10.8. The van der Waals surface area contributed by atoms with Crippen LogP contribution in [0, 0.1) is 6.92 Å². The number of aryl methyl sites for hydroxylation is 1. The number of benzene rings is 3. The lowest BCUT2D eigenvalue weighted by Crippen LogP contribution is -2.26. The minimum absolute atomic E-state index is 0.0634. The van der Waals surface area contributed by atoms with Crippen LogP contribution in [0.3, 0.4) is 0 Å². The van der Waals surface area contributed by atoms with Gasteiger partial charge in [0.2, 0.25) is 5.88 Å². The van der Waals surface area contributed by atoms with Gasteiger partial charge in [0.25, 0.3) is 5.91 Å². The topological polar surface area (TPSA) is 107 Å². The monoisotopic (exact) mass is 528 g/mol. The van der Waals surface area contributed by atoms with E-state index < -0.39 is 11.8 Å². The maximum absolute atomic E-state index is 13.0. The summed E-state index contributed by atoms with van der Waals surface area (Å²) in [7, 11) is 0. The van der Waals surface area contributed by atoms with Gasteiger partial charge < -0.3 is 15.4 Å². The third-order valence-corrected chi connectivity index (χ3v) is 5.69. The lowest BCUT2D eigenvalue weighted by molar-refractivity contribution is -0.115. The van der Waals surface area contributed by atoms with E-state index in [-0.39, 0.29) is 17.3 Å². The number of nitrogens with one attached hydrogen (secondary N) is 2. The Labute approximate surface area is 210 Å². The molecule has 0 spiro atoms. The molecule has 0 saturated carbocycles. The number of allylic oxidation sites excluding steroid dienone is 2. The highest BCUT2D eigenvalue weighted by molar-refractivity contribution is 9.10. The van der Waals surface area contributed by atoms with Crippen molar-refractivity contribution in [3.63, 3.8) is 0 Å². The van der Waals surface area contributed by atoms with Gasteiger partial charge in [0.15, 0.2) is 5.69 Å². The summed E-state index contributed by atoms with van der Waals surface area (Å²) >= 11 is 3.45. The molecule has 0 aliphatic carbocycles. The Hall–Kier alpha value is -4.30. The molecule has 1 heterocycles. The predicted octanol–water partition coefficient (Wildman–Crippen LogP) is 6.58. The molecule has 174 valence electrons. The third kappa shape index (κ3) is 5.80. The van der Waals surface area contributed by atoms with Crippen molar-refractivity contribution in [1.29, 1.82) is 0 Å². The van der Waals surface area contributed by atoms with Crippen molar-refractivity contribution in [2.45, 2.75) is 6.92 Å². The second-order valence-corrected chi connectivity index (χ2v) is 8.52. The SMILES string of the molecule is Cc1cc(Br)c2[nH]c(O)c(N=NC(=O)/C(=C\C=C\c3ccccc3)NC(=O)c3ccccc3)c2c1. The van der Waals surface area contributed by atoms with E-state index in [9.17, 15) is 14.7 Å². The minimum atomic E-state index is -0.771. The Morgan fingerprint density at radius 3 is 2.43 bits per heavy atom. The summed E-state index contributed by atoms with van der Waals surface area (Å²) < 4.78 is 0.748. The summed E-state index contributed by atoms with van der Waals surface area (Å²) in [6.07, 6.45) is 4.91. The molecule has 0 bridgehead atoms. The van der Waals surface area contributed by atoms with Gasteiger partial charge in [-0.15, -0.1) is 10.2 Å². The van der Waals surface area contributed by atoms with Crippen molar-refractivity contribution in [3.8, 4) is 5.88 Å². The van der Waals surface area contributed by atoms with E-state index in [1.165, 1.54) is 6.08 Å². The molecule has 4 aromatic rings. The first-order chi connectivity index (χ1) is 16.9. The molecule has 1 aromatic heterocycles. The molecule has 3 N–H and O–H groups in total. The first-order valence-corrected chi connectivity index (χ1v) is 11.5. The van der Waals surface area contributed by atoms with Gasteiger partial charge in [0, 0.05) is 15.4 Å². The van der Waals surface area contributed by atoms with Crippen LogP contribution in [-0.2, 0) is 4.79 Å². The van der Waals surface area contributed by atoms with Crippen molar-refractivity contribution in [2.24, 2.45) is 10.2 Å². The standard InChI is InChI=1S/C27H21BrN4O3/c1-17-15-20-23(21(28)16-17)30-27(35)24(20)31-32-26(34)22(14-8-11-18-9-4-2-5-10-18)29-25(33)19-12-6-3-7-13-19/h2-16,30,35H,1H3,(H,29,33)/b11-8+,22-14+,32-31?. The highest BCUT2D eigenvalue weighted by Crippen LogP contribution is 2.39. The van der Waals surface area contributed by atoms with Crippen LogP contribution in [0.2, 0.25) is 0 Å². The number of hydrogen-bond donors (Lipinski definition) is 3. The van der Waals surface area contributed by atoms with Crippen LogP contribution in [0.5, 0.6) is 5.88 Å². The molecular formula is C27H21BrN4O3. The van der Waals surface area contributed by atoms with Crippen molar-refractivity contribution >= 4 is 50.4 Å². The van der Waals surface area contributed by atoms with Crippen LogP contribution in [0.4, 0.5) is 5.69 Å². The molecule has 0 fully saturated rings. The Morgan fingerprint density at radius 1 is 1.03 bits per heavy atom. The molecule has 4 rings (SSSR count). The fourth-order valence-electron chi connectivity index (χ4n) is 3.38. The van der Waals surface area contributed by atoms with Gasteiger partial charge in [-0.25, -0.2) is 0 Å². The number of H-pyrrole nitrogens is 1. The van der Waals surface area contributed by atoms with Gasteiger partial charge in [-0.3, -0.25) is 9.59 Å². The number of carbonyl (C=O) groups excluding carboxylic acids is 2. The van der Waals surface area contributed by atoms with Crippen molar-refractivity contribution in [2.75, 3.05) is 0 Å². The molecule has 8 heteroatoms. The van der Waals surface area contributed by atoms with Gasteiger partial charge in [-0.1, -0.05) is 60.7 Å². The maximum atomic E-state index is 13.0. The second-order valence-electron chi connectivity index (χ2n) is 7.67. The number of halogens is 1. The van der Waals surface area contributed by atoms with Crippen LogP contribution in [0.1, 0.15) is 21.5 Å². The molecule has 0 radical (unpaired) electrons. The summed E-state index contributed by atoms with van der Waals surface area (Å²) in [4.78, 5) is 28.5. The number of hydrogen-bond acceptors (Lipinski definition) is 4. The van der Waals surface area contributed by atoms with E-state index in [4.69, 9.17) is 0 Å². The zero-order valence-electron chi connectivity index (χ0n) is 18.7. The van der Waals surface area contributed by atoms with E-state index in [0.717, 1.165) is 15.6 Å². The highest BCUT2D eigenvalue weighted by Gasteiger charge is 2.16. The molecular weight excluding hydrogens is 508 g/mol. The molecule has 0 saturated heterocycles. The number of fused-ring (bicyclic) bond motifs is 1. The first-order valence-electron chi connectivity index (χ1n) is 10.7. The normalized spacial score (nSPS) is 12.0. The average Bonchev–Trinajstić information content (AvgIpc) is 3.18. The molecule has 0 unspecified atom stereocenters. The number of azo groups is 1. The first kappa shape index (κ1) is 23.8. The summed E-state index contributed by atoms with van der Waals surface area (Å²) in [6, 6.07) is 21.8. The number of rotatable bonds is 6. The Balaban J connectivity index is 1.64. The van der Waals surface area contributed by atoms with Crippen LogP contribution < -0.4 is 5.32 Å². The van der Waals surface area contributed by atoms with Gasteiger partial charge in [0.1, 0.15) is 5.70 Å². The summed E-state index contributed by atoms with van der Waals surface area (Å²) in [5.41, 5.74) is 2.96. The van der Waals surface area contributed by atoms with E-state index >= 15 is 0 Å². The lowest BCUT2D eigenvalue weighted by atomic mass is 10.1. The van der Waals surface area contributed by atoms with Crippen LogP contribution >= 0.6 is 15.9 Å². The van der Waals surface area contributed by atoms with Crippen LogP contribution in [0.25, 0.3) is 17.0 Å². The molecule has 35 heavy (non-hydrogen) atoms. The van der Waals surface area contributed by atoms with Crippen molar-refractivity contribution in [1.82, 2.24) is 10.3 Å². The fraction of sp³-hybridized carbons (Fsp3) is 0.0370. The Morgan fingerprint density at radius 2 is 1.71 bits per heavy atom. The molecule has 0 aliphatic heterocycles. The zero-order chi connectivity index (χ0) is 24.8. The summed E-state index contributed by atoms with van der Waals surface area (Å²) in [5, 5.41) is 21.3. The fourth-order valence-corrected chi connectivity index (χ4v) is 4.06. The van der Waals surface area contributed by atoms with Gasteiger partial charge in [-0.2, -0.15) is 0 Å². The van der Waals surface area contributed by atoms with Crippen LogP contribution in [0.15, 0.2) is 105 Å². The van der Waals surface area contributed by atoms with Gasteiger partial charge in [0.05, 0.1) is 5.52 Å². The smallest absolute Gasteiger partial charge is 0.311 e. The quantitative estimate of drug-likeness (QED) is 0.149. The number of carbonyl (C=O) groups is 2. The van der Waals surface area contributed by atoms with Gasteiger partial charge >= 0.3 is 5.91 Å². The number of aromatic hydroxyl groups is 1. The molecule has 3 aromatic carbocycles. The minimum Gasteiger partial charge on any atom is -0.493 e. The third-order valence-electron chi connectivity index (χ3n) is 5.06. The van der Waals surface area contributed by atoms with Crippen molar-refractivity contribution < 1.29 is 14.7 Å². The molecule has 0 atom stereocenters. The summed E-state index contributed by atoms with van der Waals surface area (Å²) in [6.45, 7) is 1.90. The number of amides is 2. The van der Waals surface area contributed by atoms with Crippen molar-refractivity contribution in [3.05, 3.63) is 112 Å². The van der Waals surface area contributed by atoms with E-state index in [0.29, 0.717) is 16.5 Å². The highest BCUT2D eigenvalue weighted by atomic mass is 79.9.